The number of methoxy groups -OCH3 is 1. The van der Waals surface area contributed by atoms with Crippen molar-refractivity contribution in [3.8, 4) is 5.75 Å². The summed E-state index contributed by atoms with van der Waals surface area (Å²) >= 11 is 0.849. The molecule has 1 amide bonds. The van der Waals surface area contributed by atoms with Crippen molar-refractivity contribution in [2.45, 2.75) is 26.8 Å². The number of Topliss-reactive ketones (excluding diaryl/α,β-unsaturated/α-hetero) is 1. The van der Waals surface area contributed by atoms with Crippen LogP contribution in [0.5, 0.6) is 5.75 Å². The van der Waals surface area contributed by atoms with E-state index < -0.39 is 34.4 Å². The number of rotatable bonds is 7. The van der Waals surface area contributed by atoms with Crippen LogP contribution in [-0.4, -0.2) is 46.4 Å². The molecule has 38 heavy (non-hydrogen) atoms. The maximum Gasteiger partial charge on any atom is 0.350 e. The molecule has 0 spiro atoms. The van der Waals surface area contributed by atoms with Gasteiger partial charge < -0.3 is 14.6 Å². The zero-order valence-electron chi connectivity index (χ0n) is 20.9. The molecule has 196 valence electrons. The number of aromatic nitrogens is 1. The topological polar surface area (TPSA) is 149 Å². The van der Waals surface area contributed by atoms with Crippen molar-refractivity contribution in [2.24, 2.45) is 0 Å². The molecule has 11 nitrogen and oxygen atoms in total. The smallest absolute Gasteiger partial charge is 0.350 e. The van der Waals surface area contributed by atoms with Gasteiger partial charge >= 0.3 is 11.9 Å². The van der Waals surface area contributed by atoms with Crippen molar-refractivity contribution in [1.29, 1.82) is 0 Å². The van der Waals surface area contributed by atoms with Crippen LogP contribution in [0.4, 0.5) is 10.8 Å². The van der Waals surface area contributed by atoms with Crippen molar-refractivity contribution in [2.75, 3.05) is 18.6 Å². The Balaban J connectivity index is 1.95. The van der Waals surface area contributed by atoms with Gasteiger partial charge in [0.1, 0.15) is 16.4 Å². The predicted molar refractivity (Wildman–Crippen MR) is 138 cm³/mol. The van der Waals surface area contributed by atoms with Crippen molar-refractivity contribution >= 4 is 45.6 Å². The number of non-ortho nitro benzene ring substituents is 1. The Labute approximate surface area is 221 Å². The summed E-state index contributed by atoms with van der Waals surface area (Å²) in [5.74, 6) is -2.55. The SMILES string of the molecule is CCOC(=O)c1sc(N2C(=O)C(=O)C(=C(O)c3ccc(OC)c(C)c3)C2c2cccc([N+](=O)[O-])c2)nc1C. The fourth-order valence-electron chi connectivity index (χ4n) is 4.21. The third-order valence-electron chi connectivity index (χ3n) is 5.96. The molecule has 3 aromatic rings. The van der Waals surface area contributed by atoms with Gasteiger partial charge in [-0.25, -0.2) is 9.78 Å². The normalized spacial score (nSPS) is 16.5. The van der Waals surface area contributed by atoms with E-state index in [0.29, 0.717) is 11.3 Å². The number of aliphatic hydroxyl groups excluding tert-OH is 1. The van der Waals surface area contributed by atoms with Gasteiger partial charge in [0, 0.05) is 17.7 Å². The van der Waals surface area contributed by atoms with E-state index in [1.807, 2.05) is 0 Å². The number of hydrogen-bond donors (Lipinski definition) is 1. The fourth-order valence-corrected chi connectivity index (χ4v) is 5.19. The molecule has 0 aliphatic carbocycles. The molecule has 1 fully saturated rings. The highest BCUT2D eigenvalue weighted by Gasteiger charge is 2.48. The molecule has 1 saturated heterocycles. The number of aryl methyl sites for hydroxylation is 2. The van der Waals surface area contributed by atoms with E-state index in [1.165, 1.54) is 37.4 Å². The minimum Gasteiger partial charge on any atom is -0.507 e. The highest BCUT2D eigenvalue weighted by molar-refractivity contribution is 7.17. The lowest BCUT2D eigenvalue weighted by Gasteiger charge is -2.23. The first kappa shape index (κ1) is 26.5. The Morgan fingerprint density at radius 3 is 2.58 bits per heavy atom. The Kier molecular flexibility index (Phi) is 7.26. The van der Waals surface area contributed by atoms with Gasteiger partial charge in [0.05, 0.1) is 35.9 Å². The van der Waals surface area contributed by atoms with Gasteiger partial charge in [-0.1, -0.05) is 23.5 Å². The number of hydrogen-bond acceptors (Lipinski definition) is 10. The fraction of sp³-hybridized carbons (Fsp3) is 0.231. The molecule has 1 aliphatic heterocycles. The van der Waals surface area contributed by atoms with Crippen molar-refractivity contribution in [3.63, 3.8) is 0 Å². The lowest BCUT2D eigenvalue weighted by molar-refractivity contribution is -0.384. The molecule has 1 atom stereocenters. The average molecular weight is 538 g/mol. The van der Waals surface area contributed by atoms with E-state index in [4.69, 9.17) is 9.47 Å². The number of anilines is 1. The van der Waals surface area contributed by atoms with E-state index in [0.717, 1.165) is 16.2 Å². The summed E-state index contributed by atoms with van der Waals surface area (Å²) in [5.41, 5.74) is 0.873. The predicted octanol–water partition coefficient (Wildman–Crippen LogP) is 4.48. The number of carbonyl (C=O) groups excluding carboxylic acids is 3. The highest BCUT2D eigenvalue weighted by atomic mass is 32.1. The van der Waals surface area contributed by atoms with Crippen LogP contribution in [0.2, 0.25) is 0 Å². The summed E-state index contributed by atoms with van der Waals surface area (Å²) in [4.78, 5) is 55.5. The Morgan fingerprint density at radius 2 is 1.95 bits per heavy atom. The summed E-state index contributed by atoms with van der Waals surface area (Å²) in [5, 5.41) is 22.8. The van der Waals surface area contributed by atoms with Crippen LogP contribution in [0.25, 0.3) is 5.76 Å². The van der Waals surface area contributed by atoms with Gasteiger partial charge in [-0.05, 0) is 50.1 Å². The highest BCUT2D eigenvalue weighted by Crippen LogP contribution is 2.44. The molecule has 2 aromatic carbocycles. The maximum atomic E-state index is 13.4. The monoisotopic (exact) mass is 537 g/mol. The number of nitro benzene ring substituents is 1. The Hall–Kier alpha value is -4.58. The van der Waals surface area contributed by atoms with Crippen molar-refractivity contribution < 1.29 is 33.9 Å². The number of aliphatic hydroxyl groups is 1. The molecule has 0 saturated carbocycles. The van der Waals surface area contributed by atoms with E-state index in [1.54, 1.807) is 32.9 Å². The summed E-state index contributed by atoms with van der Waals surface area (Å²) in [6.45, 7) is 5.09. The average Bonchev–Trinajstić information content (AvgIpc) is 3.40. The summed E-state index contributed by atoms with van der Waals surface area (Å²) in [6, 6.07) is 8.91. The molecule has 0 radical (unpaired) electrons. The van der Waals surface area contributed by atoms with E-state index >= 15 is 0 Å². The molecule has 12 heteroatoms. The van der Waals surface area contributed by atoms with E-state index in [2.05, 4.69) is 4.98 Å². The van der Waals surface area contributed by atoms with Crippen LogP contribution in [0, 0.1) is 24.0 Å². The van der Waals surface area contributed by atoms with Crippen LogP contribution >= 0.6 is 11.3 Å². The number of esters is 1. The zero-order valence-corrected chi connectivity index (χ0v) is 21.7. The van der Waals surface area contributed by atoms with Gasteiger partial charge in [-0.3, -0.25) is 24.6 Å². The molecule has 2 heterocycles. The van der Waals surface area contributed by atoms with E-state index in [9.17, 15) is 29.6 Å². The van der Waals surface area contributed by atoms with Crippen LogP contribution in [0.15, 0.2) is 48.0 Å². The van der Waals surface area contributed by atoms with Crippen molar-refractivity contribution in [3.05, 3.63) is 85.4 Å². The van der Waals surface area contributed by atoms with Gasteiger partial charge in [-0.15, -0.1) is 0 Å². The Morgan fingerprint density at radius 1 is 1.21 bits per heavy atom. The number of thiazole rings is 1. The quantitative estimate of drug-likeness (QED) is 0.115. The standard InChI is InChI=1S/C26H23N3O8S/c1-5-37-25(33)23-14(3)27-26(38-23)28-20(15-7-6-8-17(12-15)29(34)35)19(22(31)24(28)32)21(30)16-9-10-18(36-4)13(2)11-16/h6-12,20,30H,5H2,1-4H3. The minimum absolute atomic E-state index is 0.00845. The van der Waals surface area contributed by atoms with Crippen LogP contribution in [0.1, 0.15) is 45.0 Å². The Bertz CT molecular complexity index is 1510. The number of ketones is 1. The minimum atomic E-state index is -1.25. The second kappa shape index (κ2) is 10.4. The molecule has 4 rings (SSSR count). The molecule has 1 unspecified atom stereocenters. The maximum absolute atomic E-state index is 13.4. The molecule has 1 N–H and O–H groups in total. The summed E-state index contributed by atoms with van der Waals surface area (Å²) in [7, 11) is 1.50. The number of ether oxygens (including phenoxy) is 2. The largest absolute Gasteiger partial charge is 0.507 e. The molecular weight excluding hydrogens is 514 g/mol. The van der Waals surface area contributed by atoms with Gasteiger partial charge in [0.2, 0.25) is 0 Å². The van der Waals surface area contributed by atoms with E-state index in [-0.39, 0.29) is 44.7 Å². The summed E-state index contributed by atoms with van der Waals surface area (Å²) < 4.78 is 10.3. The first-order valence-electron chi connectivity index (χ1n) is 11.4. The first-order chi connectivity index (χ1) is 18.1. The number of benzene rings is 2. The van der Waals surface area contributed by atoms with Crippen LogP contribution < -0.4 is 9.64 Å². The van der Waals surface area contributed by atoms with Gasteiger partial charge in [-0.2, -0.15) is 0 Å². The molecular formula is C26H23N3O8S. The summed E-state index contributed by atoms with van der Waals surface area (Å²) in [6.07, 6.45) is 0. The van der Waals surface area contributed by atoms with Crippen LogP contribution in [-0.2, 0) is 14.3 Å². The molecule has 1 aliphatic rings. The number of carbonyl (C=O) groups is 3. The number of nitrogens with zero attached hydrogens (tertiary/aromatic N) is 3. The first-order valence-corrected chi connectivity index (χ1v) is 12.3. The zero-order chi connectivity index (χ0) is 27.7. The number of amides is 1. The molecule has 0 bridgehead atoms. The molecule has 1 aromatic heterocycles. The lowest BCUT2D eigenvalue weighted by Crippen LogP contribution is -2.29. The van der Waals surface area contributed by atoms with Gasteiger partial charge in [0.25, 0.3) is 11.5 Å². The second-order valence-electron chi connectivity index (χ2n) is 8.34. The third kappa shape index (κ3) is 4.61. The van der Waals surface area contributed by atoms with Crippen LogP contribution in [0.3, 0.4) is 0 Å². The third-order valence-corrected chi connectivity index (χ3v) is 7.10. The lowest BCUT2D eigenvalue weighted by atomic mass is 9.94. The number of nitro groups is 1. The van der Waals surface area contributed by atoms with Gasteiger partial charge in [0.15, 0.2) is 5.13 Å². The second-order valence-corrected chi connectivity index (χ2v) is 9.31. The van der Waals surface area contributed by atoms with Crippen molar-refractivity contribution in [1.82, 2.24) is 4.98 Å².